The summed E-state index contributed by atoms with van der Waals surface area (Å²) in [6.45, 7) is 0. The van der Waals surface area contributed by atoms with Gasteiger partial charge in [0.1, 0.15) is 0 Å². The molecule has 0 radical (unpaired) electrons. The van der Waals surface area contributed by atoms with E-state index in [1.54, 1.807) is 0 Å². The molecule has 0 fully saturated rings. The number of hydrogen-bond acceptors (Lipinski definition) is 2. The number of nitrogens with two attached hydrogens (primary N) is 1. The standard InChI is InChI=1S/C9H6BrClF3N3/c10-3-1-2-4(11)5-6(3)17(16-9(5)15)8(14)7(12)13/h1-2,7-8H,(H2,15,16). The van der Waals surface area contributed by atoms with Crippen LogP contribution in [0, 0.1) is 0 Å². The number of nitrogens with zero attached hydrogens (tertiary/aromatic N) is 2. The monoisotopic (exact) mass is 327 g/mol. The van der Waals surface area contributed by atoms with Gasteiger partial charge >= 0.3 is 0 Å². The molecule has 2 aromatic rings. The van der Waals surface area contributed by atoms with Crippen LogP contribution in [0.4, 0.5) is 19.0 Å². The second kappa shape index (κ2) is 4.38. The number of fused-ring (bicyclic) bond motifs is 1. The lowest BCUT2D eigenvalue weighted by Crippen LogP contribution is -2.14. The predicted octanol–water partition coefficient (Wildman–Crippen LogP) is 3.77. The zero-order valence-electron chi connectivity index (χ0n) is 8.17. The molecular formula is C9H6BrClF3N3. The Morgan fingerprint density at radius 3 is 2.59 bits per heavy atom. The molecule has 0 spiro atoms. The number of nitrogen functional groups attached to an aromatic ring is 1. The fraction of sp³-hybridized carbons (Fsp3) is 0.222. The maximum absolute atomic E-state index is 13.3. The van der Waals surface area contributed by atoms with Gasteiger partial charge in [-0.1, -0.05) is 11.6 Å². The van der Waals surface area contributed by atoms with E-state index in [9.17, 15) is 13.2 Å². The van der Waals surface area contributed by atoms with Crippen molar-refractivity contribution < 1.29 is 13.2 Å². The average Bonchev–Trinajstić information content (AvgIpc) is 2.61. The summed E-state index contributed by atoms with van der Waals surface area (Å²) in [5.74, 6) is -0.0883. The Balaban J connectivity index is 2.78. The van der Waals surface area contributed by atoms with Crippen LogP contribution in [0.15, 0.2) is 16.6 Å². The Kier molecular flexibility index (Phi) is 3.22. The SMILES string of the molecule is Nc1nn(C(F)C(F)F)c2c(Br)ccc(Cl)c12. The van der Waals surface area contributed by atoms with Crippen LogP contribution in [0.3, 0.4) is 0 Å². The Hall–Kier alpha value is -0.950. The van der Waals surface area contributed by atoms with E-state index in [0.29, 0.717) is 9.15 Å². The molecule has 92 valence electrons. The first-order chi connectivity index (χ1) is 7.93. The third kappa shape index (κ3) is 1.97. The molecule has 0 amide bonds. The molecule has 0 aliphatic heterocycles. The first-order valence-electron chi connectivity index (χ1n) is 4.47. The van der Waals surface area contributed by atoms with Gasteiger partial charge in [0.2, 0.25) is 0 Å². The predicted molar refractivity (Wildman–Crippen MR) is 63.0 cm³/mol. The van der Waals surface area contributed by atoms with Crippen molar-refractivity contribution in [1.29, 1.82) is 0 Å². The third-order valence-electron chi connectivity index (χ3n) is 2.22. The van der Waals surface area contributed by atoms with Gasteiger partial charge in [-0.2, -0.15) is 5.10 Å². The van der Waals surface area contributed by atoms with Crippen molar-refractivity contribution in [1.82, 2.24) is 9.78 Å². The minimum absolute atomic E-state index is 0.0883. The summed E-state index contributed by atoms with van der Waals surface area (Å²) in [6.07, 6.45) is -5.76. The maximum Gasteiger partial charge on any atom is 0.289 e. The number of halogens is 5. The van der Waals surface area contributed by atoms with Crippen molar-refractivity contribution in [3.8, 4) is 0 Å². The van der Waals surface area contributed by atoms with Gasteiger partial charge in [0.05, 0.1) is 15.9 Å². The molecule has 8 heteroatoms. The largest absolute Gasteiger partial charge is 0.382 e. The first-order valence-corrected chi connectivity index (χ1v) is 5.64. The molecule has 2 rings (SSSR count). The molecule has 1 heterocycles. The summed E-state index contributed by atoms with van der Waals surface area (Å²) in [5.41, 5.74) is 5.65. The van der Waals surface area contributed by atoms with Gasteiger partial charge in [-0.3, -0.25) is 0 Å². The van der Waals surface area contributed by atoms with Gasteiger partial charge in [0.15, 0.2) is 5.82 Å². The van der Waals surface area contributed by atoms with E-state index in [4.69, 9.17) is 17.3 Å². The molecule has 1 unspecified atom stereocenters. The zero-order chi connectivity index (χ0) is 12.7. The number of anilines is 1. The molecule has 0 bridgehead atoms. The van der Waals surface area contributed by atoms with Gasteiger partial charge in [-0.15, -0.1) is 0 Å². The van der Waals surface area contributed by atoms with Crippen molar-refractivity contribution in [3.63, 3.8) is 0 Å². The molecule has 1 aromatic carbocycles. The first kappa shape index (κ1) is 12.5. The van der Waals surface area contributed by atoms with Crippen LogP contribution in [0.25, 0.3) is 10.9 Å². The Morgan fingerprint density at radius 2 is 2.00 bits per heavy atom. The molecule has 0 aliphatic rings. The zero-order valence-corrected chi connectivity index (χ0v) is 10.5. The lowest BCUT2D eigenvalue weighted by molar-refractivity contribution is 0.00357. The lowest BCUT2D eigenvalue weighted by atomic mass is 10.2. The summed E-state index contributed by atoms with van der Waals surface area (Å²) in [7, 11) is 0. The van der Waals surface area contributed by atoms with E-state index in [0.717, 1.165) is 0 Å². The van der Waals surface area contributed by atoms with Gasteiger partial charge in [0, 0.05) is 4.47 Å². The third-order valence-corrected chi connectivity index (χ3v) is 3.17. The second-order valence-corrected chi connectivity index (χ2v) is 4.55. The van der Waals surface area contributed by atoms with Crippen LogP contribution in [0.5, 0.6) is 0 Å². The Bertz CT molecular complexity index is 572. The average molecular weight is 329 g/mol. The molecule has 0 saturated heterocycles. The van der Waals surface area contributed by atoms with Crippen molar-refractivity contribution in [3.05, 3.63) is 21.6 Å². The molecule has 17 heavy (non-hydrogen) atoms. The van der Waals surface area contributed by atoms with E-state index in [-0.39, 0.29) is 21.7 Å². The summed E-state index contributed by atoms with van der Waals surface area (Å²) in [5, 5.41) is 4.04. The van der Waals surface area contributed by atoms with Crippen LogP contribution in [-0.4, -0.2) is 16.2 Å². The van der Waals surface area contributed by atoms with E-state index < -0.39 is 12.7 Å². The van der Waals surface area contributed by atoms with Gasteiger partial charge in [-0.25, -0.2) is 17.9 Å². The molecule has 1 atom stereocenters. The number of benzene rings is 1. The fourth-order valence-corrected chi connectivity index (χ4v) is 2.27. The smallest absolute Gasteiger partial charge is 0.289 e. The Labute approximate surface area is 107 Å². The number of alkyl halides is 3. The maximum atomic E-state index is 13.3. The fourth-order valence-electron chi connectivity index (χ4n) is 1.51. The van der Waals surface area contributed by atoms with Crippen LogP contribution in [0.2, 0.25) is 5.02 Å². The molecule has 0 saturated carbocycles. The molecule has 2 N–H and O–H groups in total. The number of hydrogen-bond donors (Lipinski definition) is 1. The van der Waals surface area contributed by atoms with Gasteiger partial charge in [0.25, 0.3) is 12.7 Å². The van der Waals surface area contributed by atoms with E-state index in [2.05, 4.69) is 21.0 Å². The van der Waals surface area contributed by atoms with Crippen LogP contribution >= 0.6 is 27.5 Å². The van der Waals surface area contributed by atoms with Crippen molar-refractivity contribution in [2.75, 3.05) is 5.73 Å². The van der Waals surface area contributed by atoms with E-state index >= 15 is 0 Å². The summed E-state index contributed by atoms with van der Waals surface area (Å²) in [4.78, 5) is 0. The normalized spacial score (nSPS) is 13.5. The highest BCUT2D eigenvalue weighted by Gasteiger charge is 2.26. The summed E-state index contributed by atoms with van der Waals surface area (Å²) < 4.78 is 39.0. The molecule has 0 aliphatic carbocycles. The van der Waals surface area contributed by atoms with Crippen LogP contribution in [0.1, 0.15) is 6.30 Å². The molecular weight excluding hydrogens is 322 g/mol. The second-order valence-electron chi connectivity index (χ2n) is 3.29. The Morgan fingerprint density at radius 1 is 1.35 bits per heavy atom. The van der Waals surface area contributed by atoms with Crippen LogP contribution in [-0.2, 0) is 0 Å². The topological polar surface area (TPSA) is 43.8 Å². The summed E-state index contributed by atoms with van der Waals surface area (Å²) in [6, 6.07) is 3.03. The number of aromatic nitrogens is 2. The number of rotatable bonds is 2. The minimum Gasteiger partial charge on any atom is -0.382 e. The highest BCUT2D eigenvalue weighted by atomic mass is 79.9. The van der Waals surface area contributed by atoms with Gasteiger partial charge in [-0.05, 0) is 28.1 Å². The van der Waals surface area contributed by atoms with E-state index in [1.165, 1.54) is 12.1 Å². The quantitative estimate of drug-likeness (QED) is 0.912. The highest BCUT2D eigenvalue weighted by molar-refractivity contribution is 9.10. The molecule has 3 nitrogen and oxygen atoms in total. The molecule has 1 aromatic heterocycles. The van der Waals surface area contributed by atoms with Crippen molar-refractivity contribution in [2.24, 2.45) is 0 Å². The van der Waals surface area contributed by atoms with E-state index in [1.807, 2.05) is 0 Å². The van der Waals surface area contributed by atoms with Crippen molar-refractivity contribution in [2.45, 2.75) is 12.7 Å². The lowest BCUT2D eigenvalue weighted by Gasteiger charge is -2.09. The van der Waals surface area contributed by atoms with Crippen molar-refractivity contribution >= 4 is 44.3 Å². The van der Waals surface area contributed by atoms with Crippen LogP contribution < -0.4 is 5.73 Å². The highest BCUT2D eigenvalue weighted by Crippen LogP contribution is 2.36. The van der Waals surface area contributed by atoms with Gasteiger partial charge < -0.3 is 5.73 Å². The summed E-state index contributed by atoms with van der Waals surface area (Å²) >= 11 is 8.99. The minimum atomic E-state index is -3.19.